The summed E-state index contributed by atoms with van der Waals surface area (Å²) in [6, 6.07) is 0. The fraction of sp³-hybridized carbons (Fsp3) is 0.750. The van der Waals surface area contributed by atoms with E-state index in [0.29, 0.717) is 5.41 Å². The van der Waals surface area contributed by atoms with Crippen molar-refractivity contribution in [2.24, 2.45) is 10.4 Å². The smallest absolute Gasteiger partial charge is 0.193 e. The number of aryl methyl sites for hydroxylation is 2. The van der Waals surface area contributed by atoms with Crippen molar-refractivity contribution in [2.75, 3.05) is 26.7 Å². The first-order valence-electron chi connectivity index (χ1n) is 8.07. The Morgan fingerprint density at radius 2 is 2.33 bits per heavy atom. The zero-order valence-corrected chi connectivity index (χ0v) is 14.0. The van der Waals surface area contributed by atoms with Crippen LogP contribution in [0.5, 0.6) is 0 Å². The Bertz CT molecular complexity index is 504. The van der Waals surface area contributed by atoms with Crippen molar-refractivity contribution in [3.63, 3.8) is 0 Å². The molecule has 2 aliphatic rings. The maximum Gasteiger partial charge on any atom is 0.193 e. The first-order valence-corrected chi connectivity index (χ1v) is 8.95. The van der Waals surface area contributed by atoms with E-state index in [0.717, 1.165) is 31.0 Å². The van der Waals surface area contributed by atoms with Crippen molar-refractivity contribution >= 4 is 17.3 Å². The van der Waals surface area contributed by atoms with E-state index < -0.39 is 0 Å². The predicted octanol–water partition coefficient (Wildman–Crippen LogP) is 2.84. The third-order valence-corrected chi connectivity index (χ3v) is 5.91. The fourth-order valence-electron chi connectivity index (χ4n) is 3.49. The molecule has 0 bridgehead atoms. The number of nitrogens with zero attached hydrogens (tertiary/aromatic N) is 3. The van der Waals surface area contributed by atoms with Crippen molar-refractivity contribution in [2.45, 2.75) is 45.4 Å². The van der Waals surface area contributed by atoms with E-state index in [9.17, 15) is 0 Å². The number of likely N-dealkylation sites (tertiary alicyclic amines) is 1. The van der Waals surface area contributed by atoms with Crippen LogP contribution in [0.25, 0.3) is 0 Å². The van der Waals surface area contributed by atoms with E-state index in [1.807, 2.05) is 7.05 Å². The highest BCUT2D eigenvalue weighted by Crippen LogP contribution is 2.47. The molecule has 1 aromatic heterocycles. The monoisotopic (exact) mass is 306 g/mol. The topological polar surface area (TPSA) is 40.5 Å². The van der Waals surface area contributed by atoms with Crippen molar-refractivity contribution in [3.8, 4) is 0 Å². The van der Waals surface area contributed by atoms with E-state index in [1.165, 1.54) is 43.8 Å². The molecule has 1 N–H and O–H groups in total. The van der Waals surface area contributed by atoms with E-state index in [1.54, 1.807) is 11.3 Å². The van der Waals surface area contributed by atoms with Gasteiger partial charge in [0.1, 0.15) is 0 Å². The first-order chi connectivity index (χ1) is 10.2. The van der Waals surface area contributed by atoms with Gasteiger partial charge in [0.25, 0.3) is 0 Å². The molecule has 0 atom stereocenters. The molecule has 1 saturated carbocycles. The van der Waals surface area contributed by atoms with Crippen molar-refractivity contribution < 1.29 is 0 Å². The summed E-state index contributed by atoms with van der Waals surface area (Å²) in [5, 5.41) is 6.91. The molecule has 0 amide bonds. The molecule has 5 heteroatoms. The van der Waals surface area contributed by atoms with Crippen LogP contribution in [0.4, 0.5) is 0 Å². The number of nitrogens with one attached hydrogen (secondary N) is 1. The molecular weight excluding hydrogens is 280 g/mol. The quantitative estimate of drug-likeness (QED) is 0.528. The number of rotatable bonds is 4. The highest BCUT2D eigenvalue weighted by molar-refractivity contribution is 7.09. The summed E-state index contributed by atoms with van der Waals surface area (Å²) in [5.41, 5.74) is 1.78. The fourth-order valence-corrected chi connectivity index (χ4v) is 4.31. The van der Waals surface area contributed by atoms with Gasteiger partial charge in [-0.25, -0.2) is 4.98 Å². The highest BCUT2D eigenvalue weighted by Gasteiger charge is 2.43. The van der Waals surface area contributed by atoms with Crippen LogP contribution in [0.15, 0.2) is 10.4 Å². The zero-order valence-electron chi connectivity index (χ0n) is 13.2. The average molecular weight is 306 g/mol. The predicted molar refractivity (Wildman–Crippen MR) is 89.0 cm³/mol. The second-order valence-electron chi connectivity index (χ2n) is 6.49. The number of thiazole rings is 1. The lowest BCUT2D eigenvalue weighted by molar-refractivity contribution is 0.151. The molecule has 2 heterocycles. The van der Waals surface area contributed by atoms with Gasteiger partial charge < -0.3 is 10.2 Å². The van der Waals surface area contributed by atoms with Crippen LogP contribution in [-0.4, -0.2) is 42.5 Å². The normalized spacial score (nSPS) is 20.9. The Morgan fingerprint density at radius 1 is 1.48 bits per heavy atom. The lowest BCUT2D eigenvalue weighted by Crippen LogP contribution is -2.42. The Labute approximate surface area is 131 Å². The van der Waals surface area contributed by atoms with Gasteiger partial charge in [-0.1, -0.05) is 6.42 Å². The number of guanidine groups is 1. The Morgan fingerprint density at radius 3 is 2.90 bits per heavy atom. The Hall–Kier alpha value is -1.10. The highest BCUT2D eigenvalue weighted by atomic mass is 32.1. The summed E-state index contributed by atoms with van der Waals surface area (Å²) in [5.74, 6) is 1.09. The molecule has 21 heavy (non-hydrogen) atoms. The molecule has 1 aliphatic carbocycles. The molecule has 2 fully saturated rings. The van der Waals surface area contributed by atoms with Gasteiger partial charge in [0, 0.05) is 44.2 Å². The van der Waals surface area contributed by atoms with Crippen LogP contribution in [0.3, 0.4) is 0 Å². The number of hydrogen-bond donors (Lipinski definition) is 1. The second-order valence-corrected chi connectivity index (χ2v) is 7.43. The summed E-state index contributed by atoms with van der Waals surface area (Å²) < 4.78 is 0. The summed E-state index contributed by atoms with van der Waals surface area (Å²) >= 11 is 1.77. The third kappa shape index (κ3) is 3.39. The van der Waals surface area contributed by atoms with Gasteiger partial charge in [0.15, 0.2) is 5.96 Å². The van der Waals surface area contributed by atoms with E-state index in [2.05, 4.69) is 32.5 Å². The standard InChI is InChI=1S/C16H26N4S/c1-13-11-21-14(19-13)5-3-9-18-15(17-2)20-10-8-16(12-20)6-4-7-16/h11H,3-10,12H2,1-2H3,(H,17,18). The lowest BCUT2D eigenvalue weighted by atomic mass is 9.68. The van der Waals surface area contributed by atoms with Crippen molar-refractivity contribution in [1.82, 2.24) is 15.2 Å². The van der Waals surface area contributed by atoms with E-state index >= 15 is 0 Å². The summed E-state index contributed by atoms with van der Waals surface area (Å²) in [4.78, 5) is 11.4. The summed E-state index contributed by atoms with van der Waals surface area (Å²) in [6.07, 6.45) is 7.80. The average Bonchev–Trinajstić information content (AvgIpc) is 3.05. The van der Waals surface area contributed by atoms with Gasteiger partial charge in [-0.2, -0.15) is 0 Å². The Kier molecular flexibility index (Phi) is 4.48. The third-order valence-electron chi connectivity index (χ3n) is 4.88. The largest absolute Gasteiger partial charge is 0.356 e. The molecular formula is C16H26N4S. The number of aliphatic imine (C=N–C) groups is 1. The van der Waals surface area contributed by atoms with Gasteiger partial charge >= 0.3 is 0 Å². The molecule has 1 saturated heterocycles. The minimum absolute atomic E-state index is 0.635. The summed E-state index contributed by atoms with van der Waals surface area (Å²) in [6.45, 7) is 5.42. The van der Waals surface area contributed by atoms with Crippen LogP contribution in [0.2, 0.25) is 0 Å². The zero-order chi connectivity index (χ0) is 14.7. The maximum atomic E-state index is 4.51. The van der Waals surface area contributed by atoms with Crippen LogP contribution in [0.1, 0.15) is 42.8 Å². The molecule has 0 aromatic carbocycles. The molecule has 1 spiro atoms. The number of aromatic nitrogens is 1. The van der Waals surface area contributed by atoms with Gasteiger partial charge in [0.2, 0.25) is 0 Å². The molecule has 1 aliphatic heterocycles. The van der Waals surface area contributed by atoms with Crippen molar-refractivity contribution in [3.05, 3.63) is 16.1 Å². The van der Waals surface area contributed by atoms with Crippen molar-refractivity contribution in [1.29, 1.82) is 0 Å². The minimum Gasteiger partial charge on any atom is -0.356 e. The molecule has 0 radical (unpaired) electrons. The minimum atomic E-state index is 0.635. The van der Waals surface area contributed by atoms with Crippen LogP contribution in [0, 0.1) is 12.3 Å². The molecule has 3 rings (SSSR count). The molecule has 4 nitrogen and oxygen atoms in total. The van der Waals surface area contributed by atoms with Gasteiger partial charge in [-0.05, 0) is 38.0 Å². The van der Waals surface area contributed by atoms with Gasteiger partial charge in [0.05, 0.1) is 5.01 Å². The van der Waals surface area contributed by atoms with Gasteiger partial charge in [-0.15, -0.1) is 11.3 Å². The van der Waals surface area contributed by atoms with Crippen LogP contribution in [-0.2, 0) is 6.42 Å². The van der Waals surface area contributed by atoms with E-state index in [4.69, 9.17) is 0 Å². The van der Waals surface area contributed by atoms with Crippen LogP contribution < -0.4 is 5.32 Å². The van der Waals surface area contributed by atoms with E-state index in [-0.39, 0.29) is 0 Å². The Balaban J connectivity index is 1.41. The molecule has 1 aromatic rings. The van der Waals surface area contributed by atoms with Gasteiger partial charge in [-0.3, -0.25) is 4.99 Å². The van der Waals surface area contributed by atoms with Crippen LogP contribution >= 0.6 is 11.3 Å². The second kappa shape index (κ2) is 6.34. The number of hydrogen-bond acceptors (Lipinski definition) is 3. The molecule has 0 unspecified atom stereocenters. The molecule has 116 valence electrons. The first kappa shape index (κ1) is 14.8. The SMILES string of the molecule is CN=C(NCCCc1nc(C)cs1)N1CCC2(CCC2)C1. The lowest BCUT2D eigenvalue weighted by Gasteiger charge is -2.38. The summed E-state index contributed by atoms with van der Waals surface area (Å²) in [7, 11) is 1.90. The maximum absolute atomic E-state index is 4.51.